The third-order valence-corrected chi connectivity index (χ3v) is 4.19. The number of benzene rings is 1. The van der Waals surface area contributed by atoms with Gasteiger partial charge in [0.25, 0.3) is 0 Å². The number of aldehydes is 1. The zero-order chi connectivity index (χ0) is 19.6. The topological polar surface area (TPSA) is 91.4 Å². The van der Waals surface area contributed by atoms with E-state index < -0.39 is 5.97 Å². The standard InChI is InChI=1S/C20H18N2O5/c1-12-8-17(14(3)22(12)19-9-13(2)27-21-19)18(24)11-26-20(25)16-6-4-15(10-23)5-7-16/h4-10H,11H2,1-3H3. The molecule has 0 bridgehead atoms. The highest BCUT2D eigenvalue weighted by molar-refractivity contribution is 6.00. The molecule has 0 aliphatic rings. The zero-order valence-electron chi connectivity index (χ0n) is 15.2. The van der Waals surface area contributed by atoms with Crippen LogP contribution in [0.3, 0.4) is 0 Å². The summed E-state index contributed by atoms with van der Waals surface area (Å²) >= 11 is 0. The van der Waals surface area contributed by atoms with Gasteiger partial charge in [0, 0.05) is 28.6 Å². The first-order chi connectivity index (χ1) is 12.9. The molecule has 0 fully saturated rings. The molecule has 3 aromatic rings. The summed E-state index contributed by atoms with van der Waals surface area (Å²) in [6.07, 6.45) is 0.685. The van der Waals surface area contributed by atoms with Gasteiger partial charge in [0.2, 0.25) is 5.78 Å². The first-order valence-corrected chi connectivity index (χ1v) is 8.29. The van der Waals surface area contributed by atoms with E-state index in [0.29, 0.717) is 34.7 Å². The summed E-state index contributed by atoms with van der Waals surface area (Å²) < 4.78 is 12.0. The molecule has 0 unspecified atom stereocenters. The highest BCUT2D eigenvalue weighted by Gasteiger charge is 2.20. The van der Waals surface area contributed by atoms with Gasteiger partial charge in [-0.1, -0.05) is 17.3 Å². The lowest BCUT2D eigenvalue weighted by atomic mass is 10.1. The Morgan fingerprint density at radius 1 is 1.15 bits per heavy atom. The molecular formula is C20H18N2O5. The molecule has 0 spiro atoms. The largest absolute Gasteiger partial charge is 0.454 e. The number of aryl methyl sites for hydroxylation is 2. The number of nitrogens with zero attached hydrogens (tertiary/aromatic N) is 2. The van der Waals surface area contributed by atoms with Gasteiger partial charge in [-0.3, -0.25) is 14.2 Å². The predicted octanol–water partition coefficient (Wildman–Crippen LogP) is 3.24. The molecule has 0 saturated heterocycles. The average molecular weight is 366 g/mol. The Balaban J connectivity index is 1.73. The quantitative estimate of drug-likeness (QED) is 0.378. The van der Waals surface area contributed by atoms with E-state index in [0.717, 1.165) is 5.69 Å². The fraction of sp³-hybridized carbons (Fsp3) is 0.200. The molecule has 0 aliphatic heterocycles. The summed E-state index contributed by atoms with van der Waals surface area (Å²) in [6.45, 7) is 5.06. The number of hydrogen-bond donors (Lipinski definition) is 0. The number of ketones is 1. The van der Waals surface area contributed by atoms with Crippen LogP contribution in [-0.2, 0) is 4.74 Å². The monoisotopic (exact) mass is 366 g/mol. The molecular weight excluding hydrogens is 348 g/mol. The second-order valence-electron chi connectivity index (χ2n) is 6.16. The van der Waals surface area contributed by atoms with Crippen molar-refractivity contribution in [1.29, 1.82) is 0 Å². The maximum Gasteiger partial charge on any atom is 0.338 e. The molecule has 0 N–H and O–H groups in total. The van der Waals surface area contributed by atoms with Crippen molar-refractivity contribution in [3.63, 3.8) is 0 Å². The van der Waals surface area contributed by atoms with Crippen molar-refractivity contribution in [2.24, 2.45) is 0 Å². The Morgan fingerprint density at radius 2 is 1.85 bits per heavy atom. The van der Waals surface area contributed by atoms with Gasteiger partial charge in [-0.05, 0) is 39.0 Å². The van der Waals surface area contributed by atoms with Crippen LogP contribution < -0.4 is 0 Å². The van der Waals surface area contributed by atoms with Crippen LogP contribution >= 0.6 is 0 Å². The fourth-order valence-electron chi connectivity index (χ4n) is 2.85. The summed E-state index contributed by atoms with van der Waals surface area (Å²) in [4.78, 5) is 35.2. The molecule has 0 amide bonds. The van der Waals surface area contributed by atoms with Crippen LogP contribution in [0.15, 0.2) is 40.9 Å². The normalized spacial score (nSPS) is 10.6. The SMILES string of the molecule is Cc1cc(-n2c(C)cc(C(=O)COC(=O)c3ccc(C=O)cc3)c2C)no1. The van der Waals surface area contributed by atoms with Crippen LogP contribution in [0, 0.1) is 20.8 Å². The van der Waals surface area contributed by atoms with E-state index in [9.17, 15) is 14.4 Å². The lowest BCUT2D eigenvalue weighted by molar-refractivity contribution is 0.0474. The smallest absolute Gasteiger partial charge is 0.338 e. The van der Waals surface area contributed by atoms with E-state index in [-0.39, 0.29) is 18.0 Å². The summed E-state index contributed by atoms with van der Waals surface area (Å²) in [5.74, 6) is 0.322. The summed E-state index contributed by atoms with van der Waals surface area (Å²) in [6, 6.07) is 9.49. The maximum absolute atomic E-state index is 12.5. The Labute approximate surface area is 155 Å². The van der Waals surface area contributed by atoms with Gasteiger partial charge in [0.1, 0.15) is 12.0 Å². The average Bonchev–Trinajstić information content (AvgIpc) is 3.21. The van der Waals surface area contributed by atoms with Crippen molar-refractivity contribution < 1.29 is 23.6 Å². The Hall–Kier alpha value is -3.48. The Bertz CT molecular complexity index is 1010. The molecule has 0 aliphatic carbocycles. The third-order valence-electron chi connectivity index (χ3n) is 4.19. The lowest BCUT2D eigenvalue weighted by Gasteiger charge is -2.06. The highest BCUT2D eigenvalue weighted by Crippen LogP contribution is 2.21. The predicted molar refractivity (Wildman–Crippen MR) is 96.5 cm³/mol. The van der Waals surface area contributed by atoms with Crippen molar-refractivity contribution >= 4 is 18.0 Å². The fourth-order valence-corrected chi connectivity index (χ4v) is 2.85. The van der Waals surface area contributed by atoms with Gasteiger partial charge in [-0.25, -0.2) is 4.79 Å². The lowest BCUT2D eigenvalue weighted by Crippen LogP contribution is -2.15. The molecule has 3 rings (SSSR count). The van der Waals surface area contributed by atoms with E-state index in [1.807, 2.05) is 11.5 Å². The van der Waals surface area contributed by atoms with Gasteiger partial charge in [0.05, 0.1) is 5.56 Å². The van der Waals surface area contributed by atoms with Gasteiger partial charge in [0.15, 0.2) is 12.4 Å². The Morgan fingerprint density at radius 3 is 2.44 bits per heavy atom. The minimum atomic E-state index is -0.623. The molecule has 0 radical (unpaired) electrons. The van der Waals surface area contributed by atoms with E-state index in [2.05, 4.69) is 5.16 Å². The number of hydrogen-bond acceptors (Lipinski definition) is 6. The number of ether oxygens (including phenoxy) is 1. The second-order valence-corrected chi connectivity index (χ2v) is 6.16. The first-order valence-electron chi connectivity index (χ1n) is 8.29. The van der Waals surface area contributed by atoms with Crippen molar-refractivity contribution in [1.82, 2.24) is 9.72 Å². The van der Waals surface area contributed by atoms with Crippen LogP contribution in [0.4, 0.5) is 0 Å². The van der Waals surface area contributed by atoms with Gasteiger partial charge < -0.3 is 9.26 Å². The van der Waals surface area contributed by atoms with Crippen molar-refractivity contribution in [2.45, 2.75) is 20.8 Å². The van der Waals surface area contributed by atoms with E-state index in [4.69, 9.17) is 9.26 Å². The van der Waals surface area contributed by atoms with Crippen LogP contribution in [-0.4, -0.2) is 34.4 Å². The summed E-state index contributed by atoms with van der Waals surface area (Å²) in [5.41, 5.74) is 2.70. The molecule has 7 heteroatoms. The van der Waals surface area contributed by atoms with Gasteiger partial charge >= 0.3 is 5.97 Å². The number of carbonyl (C=O) groups excluding carboxylic acids is 3. The first kappa shape index (κ1) is 18.3. The number of rotatable bonds is 6. The number of aromatic nitrogens is 2. The molecule has 7 nitrogen and oxygen atoms in total. The molecule has 2 heterocycles. The van der Waals surface area contributed by atoms with Crippen LogP contribution in [0.25, 0.3) is 5.82 Å². The molecule has 0 saturated carbocycles. The van der Waals surface area contributed by atoms with Crippen molar-refractivity contribution in [3.05, 3.63) is 70.2 Å². The molecule has 138 valence electrons. The van der Waals surface area contributed by atoms with Gasteiger partial charge in [-0.2, -0.15) is 0 Å². The number of Topliss-reactive ketones (excluding diaryl/α,β-unsaturated/α-hetero) is 1. The molecule has 1 aromatic carbocycles. The minimum absolute atomic E-state index is 0.275. The van der Waals surface area contributed by atoms with E-state index in [1.165, 1.54) is 24.3 Å². The van der Waals surface area contributed by atoms with E-state index >= 15 is 0 Å². The van der Waals surface area contributed by atoms with E-state index in [1.54, 1.807) is 26.0 Å². The van der Waals surface area contributed by atoms with Crippen molar-refractivity contribution in [3.8, 4) is 5.82 Å². The van der Waals surface area contributed by atoms with Crippen LogP contribution in [0.5, 0.6) is 0 Å². The number of esters is 1. The maximum atomic E-state index is 12.5. The van der Waals surface area contributed by atoms with Crippen LogP contribution in [0.1, 0.15) is 48.2 Å². The van der Waals surface area contributed by atoms with Gasteiger partial charge in [-0.15, -0.1) is 0 Å². The summed E-state index contributed by atoms with van der Waals surface area (Å²) in [5, 5.41) is 3.97. The molecule has 0 atom stereocenters. The van der Waals surface area contributed by atoms with Crippen molar-refractivity contribution in [2.75, 3.05) is 6.61 Å². The zero-order valence-corrected chi connectivity index (χ0v) is 15.2. The minimum Gasteiger partial charge on any atom is -0.454 e. The molecule has 27 heavy (non-hydrogen) atoms. The number of carbonyl (C=O) groups is 3. The second kappa shape index (κ2) is 7.41. The Kier molecular flexibility index (Phi) is 5.03. The highest BCUT2D eigenvalue weighted by atomic mass is 16.5. The van der Waals surface area contributed by atoms with Crippen LogP contribution in [0.2, 0.25) is 0 Å². The third kappa shape index (κ3) is 3.72. The summed E-state index contributed by atoms with van der Waals surface area (Å²) in [7, 11) is 0. The molecule has 2 aromatic heterocycles.